The molecule has 0 fully saturated rings. The van der Waals surface area contributed by atoms with Crippen LogP contribution in [0.4, 0.5) is 5.13 Å². The minimum absolute atomic E-state index is 0.0577. The second kappa shape index (κ2) is 7.88. The number of nitrogens with one attached hydrogen (secondary N) is 1. The molecule has 0 aliphatic carbocycles. The predicted octanol–water partition coefficient (Wildman–Crippen LogP) is 4.05. The number of ether oxygens (including phenoxy) is 1. The lowest BCUT2D eigenvalue weighted by atomic mass is 10.1. The molecule has 0 atom stereocenters. The molecule has 5 nitrogen and oxygen atoms in total. The van der Waals surface area contributed by atoms with Gasteiger partial charge in [0.25, 0.3) is 5.91 Å². The monoisotopic (exact) mass is 341 g/mol. The van der Waals surface area contributed by atoms with Crippen LogP contribution in [0, 0.1) is 0 Å². The van der Waals surface area contributed by atoms with Gasteiger partial charge >= 0.3 is 0 Å². The van der Waals surface area contributed by atoms with Crippen LogP contribution in [0.25, 0.3) is 10.8 Å². The first kappa shape index (κ1) is 16.4. The first-order valence-electron chi connectivity index (χ1n) is 7.99. The molecule has 1 aromatic heterocycles. The van der Waals surface area contributed by atoms with Crippen LogP contribution in [0.3, 0.4) is 0 Å². The molecule has 124 valence electrons. The summed E-state index contributed by atoms with van der Waals surface area (Å²) < 4.78 is 5.67. The summed E-state index contributed by atoms with van der Waals surface area (Å²) in [5, 5.41) is 14.4. The van der Waals surface area contributed by atoms with Gasteiger partial charge < -0.3 is 4.74 Å². The van der Waals surface area contributed by atoms with E-state index in [1.54, 1.807) is 0 Å². The Labute approximate surface area is 144 Å². The van der Waals surface area contributed by atoms with Crippen LogP contribution in [-0.2, 0) is 11.2 Å². The maximum atomic E-state index is 12.0. The van der Waals surface area contributed by atoms with E-state index in [1.807, 2.05) is 42.5 Å². The third-order valence-corrected chi connectivity index (χ3v) is 4.46. The van der Waals surface area contributed by atoms with Gasteiger partial charge in [0, 0.05) is 11.8 Å². The fourth-order valence-electron chi connectivity index (χ4n) is 2.35. The van der Waals surface area contributed by atoms with Crippen molar-refractivity contribution in [1.82, 2.24) is 10.2 Å². The van der Waals surface area contributed by atoms with Crippen molar-refractivity contribution in [1.29, 1.82) is 0 Å². The molecular formula is C18H19N3O2S. The van der Waals surface area contributed by atoms with E-state index in [-0.39, 0.29) is 12.5 Å². The number of carbonyl (C=O) groups is 1. The maximum Gasteiger partial charge on any atom is 0.264 e. The molecule has 0 spiro atoms. The molecule has 1 amide bonds. The number of carbonyl (C=O) groups excluding carboxylic acids is 1. The second-order valence-corrected chi connectivity index (χ2v) is 6.48. The van der Waals surface area contributed by atoms with Gasteiger partial charge in [0.2, 0.25) is 5.13 Å². The van der Waals surface area contributed by atoms with Gasteiger partial charge in [0.15, 0.2) is 6.61 Å². The van der Waals surface area contributed by atoms with E-state index in [0.717, 1.165) is 35.0 Å². The molecule has 0 aliphatic heterocycles. The van der Waals surface area contributed by atoms with Crippen LogP contribution in [0.15, 0.2) is 42.5 Å². The Morgan fingerprint density at radius 1 is 1.17 bits per heavy atom. The molecule has 0 saturated carbocycles. The molecule has 0 saturated heterocycles. The highest BCUT2D eigenvalue weighted by Gasteiger charge is 2.09. The summed E-state index contributed by atoms with van der Waals surface area (Å²) >= 11 is 1.42. The van der Waals surface area contributed by atoms with Crippen molar-refractivity contribution in [3.8, 4) is 5.75 Å². The standard InChI is InChI=1S/C18H19N3O2S/c1-2-3-11-17-20-21-18(24-17)19-16(22)12-23-15-10-6-8-13-7-4-5-9-14(13)15/h4-10H,2-3,11-12H2,1H3,(H,19,21,22). The van der Waals surface area contributed by atoms with Crippen LogP contribution in [-0.4, -0.2) is 22.7 Å². The average molecular weight is 341 g/mol. The zero-order valence-corrected chi connectivity index (χ0v) is 14.3. The van der Waals surface area contributed by atoms with Crippen molar-refractivity contribution >= 4 is 33.1 Å². The Morgan fingerprint density at radius 3 is 2.88 bits per heavy atom. The average Bonchev–Trinajstić information content (AvgIpc) is 3.05. The number of benzene rings is 2. The third-order valence-electron chi connectivity index (χ3n) is 3.57. The van der Waals surface area contributed by atoms with E-state index >= 15 is 0 Å². The third kappa shape index (κ3) is 4.08. The summed E-state index contributed by atoms with van der Waals surface area (Å²) in [5.74, 6) is 0.463. The molecule has 0 unspecified atom stereocenters. The summed E-state index contributed by atoms with van der Waals surface area (Å²) in [6, 6.07) is 13.7. The van der Waals surface area contributed by atoms with Gasteiger partial charge in [-0.3, -0.25) is 10.1 Å². The minimum atomic E-state index is -0.235. The number of nitrogens with zero attached hydrogens (tertiary/aromatic N) is 2. The molecule has 1 heterocycles. The quantitative estimate of drug-likeness (QED) is 0.704. The summed E-state index contributed by atoms with van der Waals surface area (Å²) in [6.07, 6.45) is 3.09. The zero-order valence-electron chi connectivity index (χ0n) is 13.5. The van der Waals surface area contributed by atoms with Crippen LogP contribution in [0.2, 0.25) is 0 Å². The van der Waals surface area contributed by atoms with Crippen LogP contribution < -0.4 is 10.1 Å². The molecule has 0 radical (unpaired) electrons. The Balaban J connectivity index is 1.58. The smallest absolute Gasteiger partial charge is 0.264 e. The number of anilines is 1. The fourth-order valence-corrected chi connectivity index (χ4v) is 3.15. The topological polar surface area (TPSA) is 64.1 Å². The van der Waals surface area contributed by atoms with Crippen molar-refractivity contribution < 1.29 is 9.53 Å². The van der Waals surface area contributed by atoms with Crippen LogP contribution >= 0.6 is 11.3 Å². The lowest BCUT2D eigenvalue weighted by Crippen LogP contribution is -2.20. The van der Waals surface area contributed by atoms with Crippen molar-refractivity contribution in [2.45, 2.75) is 26.2 Å². The molecule has 24 heavy (non-hydrogen) atoms. The number of fused-ring (bicyclic) bond motifs is 1. The highest BCUT2D eigenvalue weighted by atomic mass is 32.1. The maximum absolute atomic E-state index is 12.0. The van der Waals surface area contributed by atoms with Gasteiger partial charge in [0.05, 0.1) is 0 Å². The van der Waals surface area contributed by atoms with Gasteiger partial charge in [-0.05, 0) is 17.9 Å². The first-order valence-corrected chi connectivity index (χ1v) is 8.80. The van der Waals surface area contributed by atoms with Gasteiger partial charge in [-0.15, -0.1) is 10.2 Å². The number of hydrogen-bond acceptors (Lipinski definition) is 5. The van der Waals surface area contributed by atoms with E-state index in [2.05, 4.69) is 22.4 Å². The lowest BCUT2D eigenvalue weighted by molar-refractivity contribution is -0.118. The molecule has 3 rings (SSSR count). The van der Waals surface area contributed by atoms with Crippen molar-refractivity contribution in [2.24, 2.45) is 0 Å². The number of aromatic nitrogens is 2. The zero-order chi connectivity index (χ0) is 16.8. The Kier molecular flexibility index (Phi) is 5.38. The summed E-state index contributed by atoms with van der Waals surface area (Å²) in [7, 11) is 0. The molecule has 0 aliphatic rings. The highest BCUT2D eigenvalue weighted by Crippen LogP contribution is 2.25. The lowest BCUT2D eigenvalue weighted by Gasteiger charge is -2.08. The molecule has 1 N–H and O–H groups in total. The summed E-state index contributed by atoms with van der Waals surface area (Å²) in [5.41, 5.74) is 0. The van der Waals surface area contributed by atoms with E-state index in [9.17, 15) is 4.79 Å². The van der Waals surface area contributed by atoms with Crippen LogP contribution in [0.1, 0.15) is 24.8 Å². The molecule has 2 aromatic carbocycles. The number of hydrogen-bond donors (Lipinski definition) is 1. The first-order chi connectivity index (χ1) is 11.8. The summed E-state index contributed by atoms with van der Waals surface area (Å²) in [4.78, 5) is 12.0. The molecule has 6 heteroatoms. The van der Waals surface area contributed by atoms with Gasteiger partial charge in [-0.2, -0.15) is 0 Å². The highest BCUT2D eigenvalue weighted by molar-refractivity contribution is 7.15. The number of amides is 1. The summed E-state index contributed by atoms with van der Waals surface area (Å²) in [6.45, 7) is 2.08. The van der Waals surface area contributed by atoms with E-state index in [0.29, 0.717) is 10.9 Å². The Bertz CT molecular complexity index is 827. The number of unbranched alkanes of at least 4 members (excludes halogenated alkanes) is 1. The SMILES string of the molecule is CCCCc1nnc(NC(=O)COc2cccc3ccccc23)s1. The largest absolute Gasteiger partial charge is 0.483 e. The fraction of sp³-hybridized carbons (Fsp3) is 0.278. The van der Waals surface area contributed by atoms with Gasteiger partial charge in [0.1, 0.15) is 10.8 Å². The van der Waals surface area contributed by atoms with Crippen LogP contribution in [0.5, 0.6) is 5.75 Å². The molecule has 3 aromatic rings. The van der Waals surface area contributed by atoms with Crippen molar-refractivity contribution in [3.05, 3.63) is 47.5 Å². The van der Waals surface area contributed by atoms with E-state index < -0.39 is 0 Å². The van der Waals surface area contributed by atoms with E-state index in [4.69, 9.17) is 4.74 Å². The normalized spacial score (nSPS) is 10.7. The van der Waals surface area contributed by atoms with Crippen molar-refractivity contribution in [3.63, 3.8) is 0 Å². The number of aryl methyl sites for hydroxylation is 1. The van der Waals surface area contributed by atoms with Gasteiger partial charge in [-0.25, -0.2) is 0 Å². The van der Waals surface area contributed by atoms with Gasteiger partial charge in [-0.1, -0.05) is 61.1 Å². The second-order valence-electron chi connectivity index (χ2n) is 5.42. The van der Waals surface area contributed by atoms with Crippen molar-refractivity contribution in [2.75, 3.05) is 11.9 Å². The predicted molar refractivity (Wildman–Crippen MR) is 96.6 cm³/mol. The Hall–Kier alpha value is -2.47. The molecular weight excluding hydrogens is 322 g/mol. The molecule has 0 bridgehead atoms. The Morgan fingerprint density at radius 2 is 2.00 bits per heavy atom. The van der Waals surface area contributed by atoms with E-state index in [1.165, 1.54) is 11.3 Å². The number of rotatable bonds is 7. The minimum Gasteiger partial charge on any atom is -0.483 e.